The first-order valence-electron chi connectivity index (χ1n) is 12.6. The number of nitrogens with zero attached hydrogens (tertiary/aromatic N) is 2. The van der Waals surface area contributed by atoms with E-state index in [1.807, 2.05) is 0 Å². The Morgan fingerprint density at radius 2 is 1.88 bits per heavy atom. The fourth-order valence-corrected chi connectivity index (χ4v) is 3.33. The monoisotopic (exact) mass is 553 g/mol. The van der Waals surface area contributed by atoms with Crippen molar-refractivity contribution >= 4 is 40.6 Å². The largest absolute Gasteiger partial charge is 0.466 e. The summed E-state index contributed by atoms with van der Waals surface area (Å²) >= 11 is 0. The first-order valence-corrected chi connectivity index (χ1v) is 12.6. The van der Waals surface area contributed by atoms with E-state index in [4.69, 9.17) is 13.9 Å². The van der Waals surface area contributed by atoms with Crippen molar-refractivity contribution in [1.82, 2.24) is 19.9 Å². The fraction of sp³-hybridized carbons (Fsp3) is 0.407. The van der Waals surface area contributed by atoms with Gasteiger partial charge in [0, 0.05) is 23.9 Å². The molecule has 3 aromatic rings. The standard InChI is InChI=1S/C27H31N5O8/c1-6-38-21(33)9-8-18(25(36)39-7-2)29-23(34)19-12-16(14-40-19)10-11-32-15-28-22-17(24(32)35)13-20(30-22)31-26(37)27(3,4)5/h12-15,18,30H,6-9H2,1-5H3,(H,29,34)(H,31,37)/t18-/m0/s1. The zero-order valence-electron chi connectivity index (χ0n) is 22.9. The molecule has 0 radical (unpaired) electrons. The molecular formula is C27H31N5O8. The van der Waals surface area contributed by atoms with Gasteiger partial charge in [-0.3, -0.25) is 19.2 Å². The molecule has 0 spiro atoms. The van der Waals surface area contributed by atoms with Crippen LogP contribution in [-0.2, 0) is 23.9 Å². The molecule has 0 aliphatic carbocycles. The Hall–Kier alpha value is -4.86. The van der Waals surface area contributed by atoms with Crippen molar-refractivity contribution in [2.45, 2.75) is 53.5 Å². The van der Waals surface area contributed by atoms with Crippen molar-refractivity contribution in [1.29, 1.82) is 0 Å². The molecule has 0 saturated carbocycles. The molecule has 3 heterocycles. The molecule has 13 heteroatoms. The normalized spacial score (nSPS) is 11.7. The fourth-order valence-electron chi connectivity index (χ4n) is 3.33. The van der Waals surface area contributed by atoms with Crippen LogP contribution in [0.15, 0.2) is 33.9 Å². The summed E-state index contributed by atoms with van der Waals surface area (Å²) in [6.07, 6.45) is 2.33. The average Bonchev–Trinajstić information content (AvgIpc) is 3.53. The summed E-state index contributed by atoms with van der Waals surface area (Å²) in [6.45, 7) is 8.88. The van der Waals surface area contributed by atoms with E-state index in [1.165, 1.54) is 24.7 Å². The second kappa shape index (κ2) is 12.8. The number of aromatic nitrogens is 3. The minimum atomic E-state index is -1.09. The van der Waals surface area contributed by atoms with E-state index in [0.717, 1.165) is 4.57 Å². The molecule has 3 N–H and O–H groups in total. The van der Waals surface area contributed by atoms with Crippen LogP contribution in [0.4, 0.5) is 5.82 Å². The van der Waals surface area contributed by atoms with Crippen molar-refractivity contribution in [3.8, 4) is 12.0 Å². The van der Waals surface area contributed by atoms with Gasteiger partial charge in [-0.15, -0.1) is 0 Å². The molecule has 0 saturated heterocycles. The van der Waals surface area contributed by atoms with Crippen LogP contribution in [-0.4, -0.2) is 57.5 Å². The minimum absolute atomic E-state index is 0.0179. The number of hydrogen-bond donors (Lipinski definition) is 3. The Morgan fingerprint density at radius 1 is 1.15 bits per heavy atom. The summed E-state index contributed by atoms with van der Waals surface area (Å²) in [4.78, 5) is 68.8. The summed E-state index contributed by atoms with van der Waals surface area (Å²) in [7, 11) is 0. The number of esters is 2. The Morgan fingerprint density at radius 3 is 2.55 bits per heavy atom. The van der Waals surface area contributed by atoms with Gasteiger partial charge in [0.25, 0.3) is 11.5 Å². The van der Waals surface area contributed by atoms with Gasteiger partial charge in [-0.2, -0.15) is 0 Å². The maximum atomic E-state index is 12.9. The van der Waals surface area contributed by atoms with Gasteiger partial charge in [-0.05, 0) is 32.3 Å². The van der Waals surface area contributed by atoms with Crippen molar-refractivity contribution in [2.75, 3.05) is 18.5 Å². The van der Waals surface area contributed by atoms with E-state index in [2.05, 4.69) is 32.6 Å². The Balaban J connectivity index is 1.73. The second-order valence-electron chi connectivity index (χ2n) is 9.63. The molecular weight excluding hydrogens is 522 g/mol. The van der Waals surface area contributed by atoms with Crippen LogP contribution in [0.5, 0.6) is 0 Å². The molecule has 0 unspecified atom stereocenters. The molecule has 212 valence electrons. The summed E-state index contributed by atoms with van der Waals surface area (Å²) in [5.41, 5.74) is -0.526. The number of carbonyl (C=O) groups is 4. The summed E-state index contributed by atoms with van der Waals surface area (Å²) in [5.74, 6) is 0.767. The zero-order valence-corrected chi connectivity index (χ0v) is 22.9. The smallest absolute Gasteiger partial charge is 0.328 e. The van der Waals surface area contributed by atoms with E-state index in [0.29, 0.717) is 5.82 Å². The number of carbonyl (C=O) groups excluding carboxylic acids is 4. The van der Waals surface area contributed by atoms with E-state index < -0.39 is 34.9 Å². The average molecular weight is 554 g/mol. The predicted molar refractivity (Wildman–Crippen MR) is 143 cm³/mol. The number of hydrogen-bond acceptors (Lipinski definition) is 9. The molecule has 1 atom stereocenters. The summed E-state index contributed by atoms with van der Waals surface area (Å²) in [5, 5.41) is 5.43. The van der Waals surface area contributed by atoms with Crippen molar-refractivity contribution in [3.63, 3.8) is 0 Å². The highest BCUT2D eigenvalue weighted by molar-refractivity contribution is 5.96. The van der Waals surface area contributed by atoms with Gasteiger partial charge in [0.05, 0.1) is 24.2 Å². The van der Waals surface area contributed by atoms with Crippen LogP contribution in [0.1, 0.15) is 63.6 Å². The van der Waals surface area contributed by atoms with Crippen LogP contribution in [0.2, 0.25) is 0 Å². The number of furan rings is 1. The number of fused-ring (bicyclic) bond motifs is 1. The minimum Gasteiger partial charge on any atom is -0.466 e. The van der Waals surface area contributed by atoms with Crippen LogP contribution in [0.25, 0.3) is 11.0 Å². The molecule has 0 aromatic carbocycles. The molecule has 0 aliphatic rings. The SMILES string of the molecule is CCOC(=O)CC[C@H](NC(=O)c1cc(C#Cn2cnc3[nH]c(NC(=O)C(C)(C)C)cc3c2=O)co1)C(=O)OCC. The molecule has 3 rings (SSSR count). The lowest BCUT2D eigenvalue weighted by atomic mass is 9.96. The van der Waals surface area contributed by atoms with Crippen molar-refractivity contribution in [3.05, 3.63) is 46.4 Å². The number of nitrogens with one attached hydrogen (secondary N) is 3. The molecule has 3 aromatic heterocycles. The van der Waals surface area contributed by atoms with E-state index in [9.17, 15) is 24.0 Å². The topological polar surface area (TPSA) is 175 Å². The van der Waals surface area contributed by atoms with Crippen molar-refractivity contribution < 1.29 is 33.1 Å². The number of ether oxygens (including phenoxy) is 2. The lowest BCUT2D eigenvalue weighted by molar-refractivity contribution is -0.146. The maximum Gasteiger partial charge on any atom is 0.328 e. The quantitative estimate of drug-likeness (QED) is 0.265. The third kappa shape index (κ3) is 7.59. The molecule has 2 amide bonds. The van der Waals surface area contributed by atoms with Crippen molar-refractivity contribution in [2.24, 2.45) is 5.41 Å². The third-order valence-corrected chi connectivity index (χ3v) is 5.44. The zero-order chi connectivity index (χ0) is 29.4. The molecule has 13 nitrogen and oxygen atoms in total. The lowest BCUT2D eigenvalue weighted by Crippen LogP contribution is -2.42. The van der Waals surface area contributed by atoms with Crippen LogP contribution in [0, 0.1) is 17.4 Å². The molecule has 0 aliphatic heterocycles. The first-order chi connectivity index (χ1) is 18.9. The van der Waals surface area contributed by atoms with Crippen LogP contribution < -0.4 is 16.2 Å². The Bertz CT molecular complexity index is 1530. The number of rotatable bonds is 9. The van der Waals surface area contributed by atoms with Gasteiger partial charge in [-0.25, -0.2) is 14.3 Å². The number of anilines is 1. The molecule has 40 heavy (non-hydrogen) atoms. The highest BCUT2D eigenvalue weighted by Gasteiger charge is 2.25. The number of amides is 2. The van der Waals surface area contributed by atoms with E-state index >= 15 is 0 Å². The Kier molecular flexibility index (Phi) is 9.50. The third-order valence-electron chi connectivity index (χ3n) is 5.44. The van der Waals surface area contributed by atoms with Crippen LogP contribution in [0.3, 0.4) is 0 Å². The van der Waals surface area contributed by atoms with Gasteiger partial charge in [0.15, 0.2) is 5.76 Å². The van der Waals surface area contributed by atoms with E-state index in [1.54, 1.807) is 34.6 Å². The van der Waals surface area contributed by atoms with Gasteiger partial charge in [0.1, 0.15) is 30.1 Å². The number of aromatic amines is 1. The van der Waals surface area contributed by atoms with Gasteiger partial charge in [-0.1, -0.05) is 20.8 Å². The summed E-state index contributed by atoms with van der Waals surface area (Å²) in [6, 6.07) is 4.37. The van der Waals surface area contributed by atoms with Gasteiger partial charge in [0.2, 0.25) is 5.91 Å². The summed E-state index contributed by atoms with van der Waals surface area (Å²) < 4.78 is 16.2. The van der Waals surface area contributed by atoms with Gasteiger partial charge >= 0.3 is 11.9 Å². The van der Waals surface area contributed by atoms with E-state index in [-0.39, 0.29) is 54.3 Å². The second-order valence-corrected chi connectivity index (χ2v) is 9.63. The molecule has 0 bridgehead atoms. The first kappa shape index (κ1) is 29.7. The van der Waals surface area contributed by atoms with Crippen LogP contribution >= 0.6 is 0 Å². The molecule has 0 fully saturated rings. The Labute approximate surface area is 229 Å². The highest BCUT2D eigenvalue weighted by Crippen LogP contribution is 2.19. The number of H-pyrrole nitrogens is 1. The predicted octanol–water partition coefficient (Wildman–Crippen LogP) is 2.16. The lowest BCUT2D eigenvalue weighted by Gasteiger charge is -2.16. The van der Waals surface area contributed by atoms with Gasteiger partial charge < -0.3 is 29.5 Å². The maximum absolute atomic E-state index is 12.9. The highest BCUT2D eigenvalue weighted by atomic mass is 16.5.